The second-order valence-electron chi connectivity index (χ2n) is 7.21. The molecule has 1 N–H and O–H groups in total. The Morgan fingerprint density at radius 1 is 1.10 bits per heavy atom. The lowest BCUT2D eigenvalue weighted by molar-refractivity contribution is 0.0944. The number of nitrogens with one attached hydrogen (secondary N) is 1. The number of oxazole rings is 1. The number of hydrogen-bond donors (Lipinski definition) is 1. The SMILES string of the molecule is CCOCCCNC(=O)c1ccc(-c2nc(C[S@](=O)c3ccc(C)cc3)c(C)o2)cc1. The maximum absolute atomic E-state index is 12.7. The second-order valence-corrected chi connectivity index (χ2v) is 8.66. The van der Waals surface area contributed by atoms with Gasteiger partial charge in [-0.3, -0.25) is 9.00 Å². The van der Waals surface area contributed by atoms with E-state index < -0.39 is 10.8 Å². The van der Waals surface area contributed by atoms with E-state index in [1.165, 1.54) is 0 Å². The number of nitrogens with zero attached hydrogens (tertiary/aromatic N) is 1. The Morgan fingerprint density at radius 3 is 2.48 bits per heavy atom. The highest BCUT2D eigenvalue weighted by atomic mass is 32.2. The van der Waals surface area contributed by atoms with Gasteiger partial charge in [0.1, 0.15) is 5.76 Å². The first-order valence-corrected chi connectivity index (χ1v) is 11.7. The van der Waals surface area contributed by atoms with Crippen LogP contribution < -0.4 is 5.32 Å². The van der Waals surface area contributed by atoms with Crippen molar-refractivity contribution >= 4 is 16.7 Å². The molecule has 7 heteroatoms. The van der Waals surface area contributed by atoms with Gasteiger partial charge in [0, 0.05) is 35.8 Å². The number of amides is 1. The van der Waals surface area contributed by atoms with Gasteiger partial charge in [0.25, 0.3) is 5.91 Å². The van der Waals surface area contributed by atoms with Crippen LogP contribution in [0.25, 0.3) is 11.5 Å². The number of aromatic nitrogens is 1. The van der Waals surface area contributed by atoms with Crippen molar-refractivity contribution in [1.82, 2.24) is 10.3 Å². The zero-order chi connectivity index (χ0) is 22.2. The summed E-state index contributed by atoms with van der Waals surface area (Å²) in [5.74, 6) is 1.27. The van der Waals surface area contributed by atoms with E-state index in [9.17, 15) is 9.00 Å². The Labute approximate surface area is 185 Å². The maximum Gasteiger partial charge on any atom is 0.251 e. The average molecular weight is 441 g/mol. The first-order chi connectivity index (χ1) is 15.0. The van der Waals surface area contributed by atoms with Gasteiger partial charge in [0.2, 0.25) is 5.89 Å². The number of rotatable bonds is 10. The van der Waals surface area contributed by atoms with Crippen molar-refractivity contribution in [3.63, 3.8) is 0 Å². The summed E-state index contributed by atoms with van der Waals surface area (Å²) < 4.78 is 23.7. The highest BCUT2D eigenvalue weighted by Crippen LogP contribution is 2.24. The molecule has 3 aromatic rings. The van der Waals surface area contributed by atoms with E-state index in [2.05, 4.69) is 10.3 Å². The summed E-state index contributed by atoms with van der Waals surface area (Å²) in [5, 5.41) is 2.88. The second kappa shape index (κ2) is 11.0. The lowest BCUT2D eigenvalue weighted by Crippen LogP contribution is -2.25. The van der Waals surface area contributed by atoms with Crippen molar-refractivity contribution in [1.29, 1.82) is 0 Å². The van der Waals surface area contributed by atoms with Gasteiger partial charge in [0.15, 0.2) is 0 Å². The van der Waals surface area contributed by atoms with Gasteiger partial charge in [-0.1, -0.05) is 17.7 Å². The predicted molar refractivity (Wildman–Crippen MR) is 121 cm³/mol. The van der Waals surface area contributed by atoms with Gasteiger partial charge in [-0.25, -0.2) is 4.98 Å². The molecule has 0 saturated heterocycles. The molecule has 6 nitrogen and oxygen atoms in total. The largest absolute Gasteiger partial charge is 0.441 e. The fourth-order valence-electron chi connectivity index (χ4n) is 2.97. The summed E-state index contributed by atoms with van der Waals surface area (Å²) in [6.07, 6.45) is 0.778. The molecule has 1 amide bonds. The first-order valence-electron chi connectivity index (χ1n) is 10.4. The molecular weight excluding hydrogens is 412 g/mol. The van der Waals surface area contributed by atoms with Crippen LogP contribution in [0.1, 0.15) is 40.7 Å². The van der Waals surface area contributed by atoms with Gasteiger partial charge in [-0.15, -0.1) is 0 Å². The van der Waals surface area contributed by atoms with Crippen LogP contribution in [0.15, 0.2) is 57.8 Å². The van der Waals surface area contributed by atoms with Crippen LogP contribution in [0, 0.1) is 13.8 Å². The monoisotopic (exact) mass is 440 g/mol. The highest BCUT2D eigenvalue weighted by Gasteiger charge is 2.15. The molecule has 3 rings (SSSR count). The molecular formula is C24H28N2O4S. The molecule has 0 bridgehead atoms. The van der Waals surface area contributed by atoms with Crippen molar-refractivity contribution in [2.75, 3.05) is 19.8 Å². The summed E-state index contributed by atoms with van der Waals surface area (Å²) in [5.41, 5.74) is 3.14. The molecule has 2 aromatic carbocycles. The van der Waals surface area contributed by atoms with Crippen molar-refractivity contribution in [3.05, 3.63) is 71.1 Å². The zero-order valence-electron chi connectivity index (χ0n) is 18.1. The molecule has 1 heterocycles. The predicted octanol–water partition coefficient (Wildman–Crippen LogP) is 4.42. The summed E-state index contributed by atoms with van der Waals surface area (Å²) >= 11 is 0. The third-order valence-corrected chi connectivity index (χ3v) is 6.13. The Bertz CT molecular complexity index is 1030. The van der Waals surface area contributed by atoms with E-state index in [1.54, 1.807) is 24.3 Å². The molecule has 0 fully saturated rings. The van der Waals surface area contributed by atoms with Crippen molar-refractivity contribution < 1.29 is 18.2 Å². The number of carbonyl (C=O) groups excluding carboxylic acids is 1. The third kappa shape index (κ3) is 6.35. The Morgan fingerprint density at radius 2 is 1.81 bits per heavy atom. The standard InChI is InChI=1S/C24H28N2O4S/c1-4-29-15-5-14-25-23(27)19-8-10-20(11-9-19)24-26-22(18(3)30-24)16-31(28)21-12-6-17(2)7-13-21/h6-13H,4-5,14-16H2,1-3H3,(H,25,27)/t31-/m0/s1. The minimum atomic E-state index is -1.20. The lowest BCUT2D eigenvalue weighted by atomic mass is 10.1. The smallest absolute Gasteiger partial charge is 0.251 e. The minimum absolute atomic E-state index is 0.124. The molecule has 1 aromatic heterocycles. The van der Waals surface area contributed by atoms with Crippen molar-refractivity contribution in [2.45, 2.75) is 37.8 Å². The van der Waals surface area contributed by atoms with Crippen LogP contribution in [-0.4, -0.2) is 34.9 Å². The van der Waals surface area contributed by atoms with Crippen molar-refractivity contribution in [2.24, 2.45) is 0 Å². The van der Waals surface area contributed by atoms with Gasteiger partial charge < -0.3 is 14.5 Å². The molecule has 0 aliphatic heterocycles. The summed E-state index contributed by atoms with van der Waals surface area (Å²) in [6, 6.07) is 14.8. The number of aryl methyl sites for hydroxylation is 2. The van der Waals surface area contributed by atoms with E-state index in [4.69, 9.17) is 9.15 Å². The fourth-order valence-corrected chi connectivity index (χ4v) is 4.09. The topological polar surface area (TPSA) is 81.4 Å². The van der Waals surface area contributed by atoms with Crippen LogP contribution in [0.4, 0.5) is 0 Å². The summed E-state index contributed by atoms with van der Waals surface area (Å²) in [7, 11) is -1.20. The molecule has 0 unspecified atom stereocenters. The summed E-state index contributed by atoms with van der Waals surface area (Å²) in [4.78, 5) is 17.5. The lowest BCUT2D eigenvalue weighted by Gasteiger charge is -2.05. The summed E-state index contributed by atoms with van der Waals surface area (Å²) in [6.45, 7) is 7.65. The number of benzene rings is 2. The molecule has 1 atom stereocenters. The van der Waals surface area contributed by atoms with Crippen LogP contribution in [-0.2, 0) is 21.3 Å². The Kier molecular flexibility index (Phi) is 8.14. The van der Waals surface area contributed by atoms with Crippen LogP contribution in [0.5, 0.6) is 0 Å². The molecule has 0 saturated carbocycles. The number of hydrogen-bond acceptors (Lipinski definition) is 5. The average Bonchev–Trinajstić information content (AvgIpc) is 3.14. The zero-order valence-corrected chi connectivity index (χ0v) is 19.0. The van der Waals surface area contributed by atoms with Crippen LogP contribution in [0.2, 0.25) is 0 Å². The van der Waals surface area contributed by atoms with Gasteiger partial charge >= 0.3 is 0 Å². The maximum atomic E-state index is 12.7. The molecule has 164 valence electrons. The molecule has 0 radical (unpaired) electrons. The van der Waals surface area contributed by atoms with Crippen LogP contribution in [0.3, 0.4) is 0 Å². The fraction of sp³-hybridized carbons (Fsp3) is 0.333. The van der Waals surface area contributed by atoms with Crippen molar-refractivity contribution in [3.8, 4) is 11.5 Å². The van der Waals surface area contributed by atoms with E-state index in [0.717, 1.165) is 22.4 Å². The normalized spacial score (nSPS) is 12.0. The molecule has 0 spiro atoms. The van der Waals surface area contributed by atoms with Gasteiger partial charge in [0.05, 0.1) is 22.2 Å². The number of ether oxygens (including phenoxy) is 1. The van der Waals surface area contributed by atoms with E-state index in [1.807, 2.05) is 45.0 Å². The van der Waals surface area contributed by atoms with E-state index >= 15 is 0 Å². The highest BCUT2D eigenvalue weighted by molar-refractivity contribution is 7.84. The minimum Gasteiger partial charge on any atom is -0.441 e. The molecule has 31 heavy (non-hydrogen) atoms. The van der Waals surface area contributed by atoms with Gasteiger partial charge in [-0.05, 0) is 63.6 Å². The quantitative estimate of drug-likeness (QED) is 0.472. The van der Waals surface area contributed by atoms with E-state index in [-0.39, 0.29) is 5.91 Å². The Balaban J connectivity index is 1.62. The van der Waals surface area contributed by atoms with Gasteiger partial charge in [-0.2, -0.15) is 0 Å². The van der Waals surface area contributed by atoms with Crippen LogP contribution >= 0.6 is 0 Å². The number of carbonyl (C=O) groups is 1. The Hall–Kier alpha value is -2.77. The third-order valence-electron chi connectivity index (χ3n) is 4.79. The molecule has 0 aliphatic carbocycles. The van der Waals surface area contributed by atoms with E-state index in [0.29, 0.717) is 48.4 Å². The first kappa shape index (κ1) is 22.9. The molecule has 0 aliphatic rings.